The molecule has 2 aromatic carbocycles. The van der Waals surface area contributed by atoms with Gasteiger partial charge in [-0.2, -0.15) is 0 Å². The third-order valence-electron chi connectivity index (χ3n) is 3.22. The maximum Gasteiger partial charge on any atom is 0.322 e. The molecule has 0 atom stereocenters. The van der Waals surface area contributed by atoms with Gasteiger partial charge >= 0.3 is 5.97 Å². The van der Waals surface area contributed by atoms with Crippen LogP contribution in [0.5, 0.6) is 0 Å². The van der Waals surface area contributed by atoms with E-state index in [1.165, 1.54) is 0 Å². The number of halogens is 1. The number of carbonyl (C=O) groups excluding carboxylic acids is 1. The first-order valence-electron chi connectivity index (χ1n) is 6.89. The SMILES string of the molecule is COCc1cc(C(=O)NCC(=O)O)ccc1-c1ccc(Cl)cc1. The molecule has 0 radical (unpaired) electrons. The second kappa shape index (κ2) is 7.76. The van der Waals surface area contributed by atoms with Crippen LogP contribution < -0.4 is 5.32 Å². The summed E-state index contributed by atoms with van der Waals surface area (Å²) in [5.41, 5.74) is 3.10. The van der Waals surface area contributed by atoms with Crippen LogP contribution in [-0.4, -0.2) is 30.6 Å². The second-order valence-electron chi connectivity index (χ2n) is 4.89. The Kier molecular flexibility index (Phi) is 5.73. The van der Waals surface area contributed by atoms with Gasteiger partial charge < -0.3 is 15.2 Å². The van der Waals surface area contributed by atoms with E-state index in [0.717, 1.165) is 16.7 Å². The molecule has 0 aliphatic rings. The van der Waals surface area contributed by atoms with Gasteiger partial charge in [0.1, 0.15) is 6.54 Å². The average Bonchev–Trinajstić information content (AvgIpc) is 2.54. The number of carbonyl (C=O) groups is 2. The average molecular weight is 334 g/mol. The first-order chi connectivity index (χ1) is 11.0. The van der Waals surface area contributed by atoms with Crippen LogP contribution in [0.3, 0.4) is 0 Å². The zero-order chi connectivity index (χ0) is 16.8. The maximum atomic E-state index is 12.0. The number of nitrogens with one attached hydrogen (secondary N) is 1. The normalized spacial score (nSPS) is 10.3. The second-order valence-corrected chi connectivity index (χ2v) is 5.32. The molecule has 0 aromatic heterocycles. The molecule has 0 unspecified atom stereocenters. The highest BCUT2D eigenvalue weighted by molar-refractivity contribution is 6.30. The molecule has 6 heteroatoms. The summed E-state index contributed by atoms with van der Waals surface area (Å²) in [6, 6.07) is 12.5. The quantitative estimate of drug-likeness (QED) is 0.852. The standard InChI is InChI=1S/C17H16ClNO4/c1-23-10-13-8-12(17(22)19-9-16(20)21)4-7-15(13)11-2-5-14(18)6-3-11/h2-8H,9-10H2,1H3,(H,19,22)(H,20,21). The van der Waals surface area contributed by atoms with Crippen molar-refractivity contribution in [3.05, 3.63) is 58.6 Å². The fourth-order valence-corrected chi connectivity index (χ4v) is 2.30. The molecule has 0 spiro atoms. The minimum atomic E-state index is -1.09. The lowest BCUT2D eigenvalue weighted by Crippen LogP contribution is -2.29. The zero-order valence-electron chi connectivity index (χ0n) is 12.5. The largest absolute Gasteiger partial charge is 0.480 e. The number of rotatable bonds is 6. The van der Waals surface area contributed by atoms with E-state index in [2.05, 4.69) is 5.32 Å². The van der Waals surface area contributed by atoms with Crippen molar-refractivity contribution in [2.24, 2.45) is 0 Å². The molecule has 2 rings (SSSR count). The van der Waals surface area contributed by atoms with Crippen molar-refractivity contribution in [2.45, 2.75) is 6.61 Å². The number of hydrogen-bond acceptors (Lipinski definition) is 3. The smallest absolute Gasteiger partial charge is 0.322 e. The lowest BCUT2D eigenvalue weighted by atomic mass is 9.97. The van der Waals surface area contributed by atoms with Crippen molar-refractivity contribution < 1.29 is 19.4 Å². The Labute approximate surface area is 138 Å². The van der Waals surface area contributed by atoms with Gasteiger partial charge in [0.05, 0.1) is 6.61 Å². The van der Waals surface area contributed by atoms with Gasteiger partial charge in [-0.05, 0) is 41.0 Å². The zero-order valence-corrected chi connectivity index (χ0v) is 13.3. The van der Waals surface area contributed by atoms with E-state index < -0.39 is 18.4 Å². The molecule has 0 aliphatic heterocycles. The predicted molar refractivity (Wildman–Crippen MR) is 87.6 cm³/mol. The predicted octanol–water partition coefficient (Wildman–Crippen LogP) is 2.97. The molecule has 0 saturated carbocycles. The maximum absolute atomic E-state index is 12.0. The van der Waals surface area contributed by atoms with Gasteiger partial charge in [0.15, 0.2) is 0 Å². The van der Waals surface area contributed by atoms with Crippen LogP contribution in [0.1, 0.15) is 15.9 Å². The van der Waals surface area contributed by atoms with Crippen LogP contribution in [0.15, 0.2) is 42.5 Å². The summed E-state index contributed by atoms with van der Waals surface area (Å²) >= 11 is 5.90. The molecule has 1 amide bonds. The molecule has 2 N–H and O–H groups in total. The van der Waals surface area contributed by atoms with E-state index in [1.54, 1.807) is 31.4 Å². The minimum absolute atomic E-state index is 0.331. The van der Waals surface area contributed by atoms with E-state index in [-0.39, 0.29) is 0 Å². The summed E-state index contributed by atoms with van der Waals surface area (Å²) in [6.45, 7) is -0.0879. The number of aliphatic carboxylic acids is 1. The van der Waals surface area contributed by atoms with Gasteiger partial charge in [-0.1, -0.05) is 29.8 Å². The number of carboxylic acids is 1. The van der Waals surface area contributed by atoms with Crippen molar-refractivity contribution >= 4 is 23.5 Å². The molecule has 5 nitrogen and oxygen atoms in total. The van der Waals surface area contributed by atoms with Gasteiger partial charge in [-0.15, -0.1) is 0 Å². The Morgan fingerprint density at radius 2 is 1.87 bits per heavy atom. The first-order valence-corrected chi connectivity index (χ1v) is 7.27. The summed E-state index contributed by atoms with van der Waals surface area (Å²) in [6.07, 6.45) is 0. The van der Waals surface area contributed by atoms with Crippen molar-refractivity contribution in [2.75, 3.05) is 13.7 Å². The van der Waals surface area contributed by atoms with Crippen LogP contribution in [0.4, 0.5) is 0 Å². The molecular weight excluding hydrogens is 318 g/mol. The molecule has 0 fully saturated rings. The van der Waals surface area contributed by atoms with E-state index in [9.17, 15) is 9.59 Å². The molecule has 0 bridgehead atoms. The fourth-order valence-electron chi connectivity index (χ4n) is 2.18. The molecule has 0 saturated heterocycles. The van der Waals surface area contributed by atoms with Crippen molar-refractivity contribution in [1.29, 1.82) is 0 Å². The minimum Gasteiger partial charge on any atom is -0.480 e. The van der Waals surface area contributed by atoms with Crippen molar-refractivity contribution in [1.82, 2.24) is 5.32 Å². The molecule has 0 heterocycles. The number of carboxylic acid groups (broad SMARTS) is 1. The van der Waals surface area contributed by atoms with Crippen LogP contribution in [-0.2, 0) is 16.1 Å². The van der Waals surface area contributed by atoms with Gasteiger partial charge in [0.2, 0.25) is 0 Å². The highest BCUT2D eigenvalue weighted by Crippen LogP contribution is 2.27. The van der Waals surface area contributed by atoms with Crippen LogP contribution in [0.25, 0.3) is 11.1 Å². The lowest BCUT2D eigenvalue weighted by molar-refractivity contribution is -0.135. The lowest BCUT2D eigenvalue weighted by Gasteiger charge is -2.12. The van der Waals surface area contributed by atoms with Gasteiger partial charge in [-0.25, -0.2) is 0 Å². The molecular formula is C17H16ClNO4. The Morgan fingerprint density at radius 1 is 1.17 bits per heavy atom. The number of methoxy groups -OCH3 is 1. The van der Waals surface area contributed by atoms with Gasteiger partial charge in [0, 0.05) is 17.7 Å². The fraction of sp³-hybridized carbons (Fsp3) is 0.176. The van der Waals surface area contributed by atoms with Crippen molar-refractivity contribution in [3.63, 3.8) is 0 Å². The summed E-state index contributed by atoms with van der Waals surface area (Å²) in [7, 11) is 1.57. The topological polar surface area (TPSA) is 75.6 Å². The van der Waals surface area contributed by atoms with Crippen LogP contribution in [0, 0.1) is 0 Å². The Bertz CT molecular complexity index is 713. The van der Waals surface area contributed by atoms with E-state index in [1.807, 2.05) is 18.2 Å². The highest BCUT2D eigenvalue weighted by Gasteiger charge is 2.12. The summed E-state index contributed by atoms with van der Waals surface area (Å²) < 4.78 is 5.19. The molecule has 2 aromatic rings. The van der Waals surface area contributed by atoms with Gasteiger partial charge in [-0.3, -0.25) is 9.59 Å². The molecule has 23 heavy (non-hydrogen) atoms. The highest BCUT2D eigenvalue weighted by atomic mass is 35.5. The Morgan fingerprint density at radius 3 is 2.48 bits per heavy atom. The number of amides is 1. The van der Waals surface area contributed by atoms with Crippen LogP contribution in [0.2, 0.25) is 5.02 Å². The first kappa shape index (κ1) is 17.0. The van der Waals surface area contributed by atoms with E-state index in [4.69, 9.17) is 21.4 Å². The summed E-state index contributed by atoms with van der Waals surface area (Å²) in [5, 5.41) is 11.6. The van der Waals surface area contributed by atoms with E-state index >= 15 is 0 Å². The summed E-state index contributed by atoms with van der Waals surface area (Å²) in [4.78, 5) is 22.5. The molecule has 0 aliphatic carbocycles. The molecule has 120 valence electrons. The summed E-state index contributed by atoms with van der Waals surface area (Å²) in [5.74, 6) is -1.53. The third kappa shape index (κ3) is 4.55. The Hall–Kier alpha value is -2.37. The van der Waals surface area contributed by atoms with Crippen LogP contribution >= 0.6 is 11.6 Å². The Balaban J connectivity index is 2.32. The monoisotopic (exact) mass is 333 g/mol. The number of ether oxygens (including phenoxy) is 1. The number of hydrogen-bond donors (Lipinski definition) is 2. The third-order valence-corrected chi connectivity index (χ3v) is 3.47. The van der Waals surface area contributed by atoms with E-state index in [0.29, 0.717) is 17.2 Å². The van der Waals surface area contributed by atoms with Crippen molar-refractivity contribution in [3.8, 4) is 11.1 Å². The number of benzene rings is 2. The van der Waals surface area contributed by atoms with Gasteiger partial charge in [0.25, 0.3) is 5.91 Å².